The molecule has 0 aliphatic heterocycles. The molecule has 0 fully saturated rings. The van der Waals surface area contributed by atoms with Gasteiger partial charge in [0.15, 0.2) is 0 Å². The van der Waals surface area contributed by atoms with E-state index in [-0.39, 0.29) is 5.82 Å². The summed E-state index contributed by atoms with van der Waals surface area (Å²) in [4.78, 5) is 0. The van der Waals surface area contributed by atoms with Gasteiger partial charge in [-0.15, -0.1) is 0 Å². The van der Waals surface area contributed by atoms with E-state index in [1.54, 1.807) is 6.08 Å². The van der Waals surface area contributed by atoms with Crippen LogP contribution < -0.4 is 0 Å². The number of hydrogen-bond donors (Lipinski definition) is 1. The van der Waals surface area contributed by atoms with Gasteiger partial charge >= 0.3 is 0 Å². The summed E-state index contributed by atoms with van der Waals surface area (Å²) in [7, 11) is 0. The second kappa shape index (κ2) is 4.02. The summed E-state index contributed by atoms with van der Waals surface area (Å²) < 4.78 is 13.9. The standard InChI is InChI=1S/C14H17FO/c1-10-8-11(2)13(12(15)9-10)14(16)6-4-3-5-7-14/h4,6,8-9,16H,3,5,7H2,1-2H3. The number of hydrogen-bond acceptors (Lipinski definition) is 1. The van der Waals surface area contributed by atoms with Gasteiger partial charge in [-0.05, 0) is 50.3 Å². The van der Waals surface area contributed by atoms with Gasteiger partial charge in [0.05, 0.1) is 0 Å². The van der Waals surface area contributed by atoms with Crippen molar-refractivity contribution >= 4 is 0 Å². The first kappa shape index (κ1) is 11.3. The van der Waals surface area contributed by atoms with Gasteiger partial charge in [-0.1, -0.05) is 18.2 Å². The number of allylic oxidation sites excluding steroid dienone is 1. The van der Waals surface area contributed by atoms with Crippen molar-refractivity contribution in [2.45, 2.75) is 38.7 Å². The molecule has 2 rings (SSSR count). The third-order valence-corrected chi connectivity index (χ3v) is 3.19. The van der Waals surface area contributed by atoms with Gasteiger partial charge in [0.1, 0.15) is 11.4 Å². The number of aryl methyl sites for hydroxylation is 2. The molecule has 1 aromatic rings. The van der Waals surface area contributed by atoms with Crippen LogP contribution in [0.15, 0.2) is 24.3 Å². The summed E-state index contributed by atoms with van der Waals surface area (Å²) in [6.45, 7) is 3.71. The average Bonchev–Trinajstić information content (AvgIpc) is 2.16. The molecule has 1 atom stereocenters. The summed E-state index contributed by atoms with van der Waals surface area (Å²) in [5.41, 5.74) is 1.04. The van der Waals surface area contributed by atoms with Crippen molar-refractivity contribution in [2.24, 2.45) is 0 Å². The predicted molar refractivity (Wildman–Crippen MR) is 62.8 cm³/mol. The van der Waals surface area contributed by atoms with Crippen molar-refractivity contribution in [2.75, 3.05) is 0 Å². The third kappa shape index (κ3) is 1.90. The van der Waals surface area contributed by atoms with Crippen LogP contribution in [0.3, 0.4) is 0 Å². The fourth-order valence-electron chi connectivity index (χ4n) is 2.52. The average molecular weight is 220 g/mol. The molecule has 0 bridgehead atoms. The van der Waals surface area contributed by atoms with Crippen molar-refractivity contribution in [1.82, 2.24) is 0 Å². The summed E-state index contributed by atoms with van der Waals surface area (Å²) in [5, 5.41) is 10.5. The van der Waals surface area contributed by atoms with Gasteiger partial charge in [-0.25, -0.2) is 4.39 Å². The van der Waals surface area contributed by atoms with E-state index >= 15 is 0 Å². The Morgan fingerprint density at radius 2 is 2.06 bits per heavy atom. The Morgan fingerprint density at radius 3 is 2.62 bits per heavy atom. The number of halogens is 1. The van der Waals surface area contributed by atoms with Crippen LogP contribution in [-0.2, 0) is 5.60 Å². The Labute approximate surface area is 95.6 Å². The summed E-state index contributed by atoms with van der Waals surface area (Å²) in [6.07, 6.45) is 6.14. The van der Waals surface area contributed by atoms with Gasteiger partial charge in [0, 0.05) is 5.56 Å². The summed E-state index contributed by atoms with van der Waals surface area (Å²) >= 11 is 0. The molecular formula is C14H17FO. The lowest BCUT2D eigenvalue weighted by molar-refractivity contribution is 0.0681. The molecule has 0 aromatic heterocycles. The van der Waals surface area contributed by atoms with Crippen LogP contribution in [0.5, 0.6) is 0 Å². The van der Waals surface area contributed by atoms with Crippen LogP contribution in [0.1, 0.15) is 36.0 Å². The van der Waals surface area contributed by atoms with E-state index < -0.39 is 5.60 Å². The lowest BCUT2D eigenvalue weighted by Crippen LogP contribution is -2.27. The molecule has 0 radical (unpaired) electrons. The van der Waals surface area contributed by atoms with Gasteiger partial charge < -0.3 is 5.11 Å². The van der Waals surface area contributed by atoms with E-state index in [2.05, 4.69) is 0 Å². The van der Waals surface area contributed by atoms with E-state index in [9.17, 15) is 9.50 Å². The Balaban J connectivity index is 2.55. The molecule has 1 aromatic carbocycles. The predicted octanol–water partition coefficient (Wildman–Crippen LogP) is 3.37. The zero-order valence-corrected chi connectivity index (χ0v) is 9.76. The highest BCUT2D eigenvalue weighted by atomic mass is 19.1. The molecule has 0 saturated heterocycles. The van der Waals surface area contributed by atoms with E-state index in [1.165, 1.54) is 6.07 Å². The van der Waals surface area contributed by atoms with Crippen LogP contribution >= 0.6 is 0 Å². The van der Waals surface area contributed by atoms with Crippen LogP contribution in [-0.4, -0.2) is 5.11 Å². The highest BCUT2D eigenvalue weighted by molar-refractivity contribution is 5.39. The SMILES string of the molecule is Cc1cc(C)c(C2(O)C=CCCC2)c(F)c1. The van der Waals surface area contributed by atoms with Crippen molar-refractivity contribution in [3.8, 4) is 0 Å². The number of benzene rings is 1. The van der Waals surface area contributed by atoms with E-state index in [0.717, 1.165) is 24.0 Å². The first-order chi connectivity index (χ1) is 7.53. The Morgan fingerprint density at radius 1 is 1.31 bits per heavy atom. The second-order valence-electron chi connectivity index (χ2n) is 4.66. The molecule has 16 heavy (non-hydrogen) atoms. The highest BCUT2D eigenvalue weighted by Gasteiger charge is 2.32. The monoisotopic (exact) mass is 220 g/mol. The Bertz CT molecular complexity index is 413. The molecule has 1 N–H and O–H groups in total. The van der Waals surface area contributed by atoms with E-state index in [1.807, 2.05) is 26.0 Å². The minimum atomic E-state index is -1.11. The van der Waals surface area contributed by atoms with Gasteiger partial charge in [-0.2, -0.15) is 0 Å². The van der Waals surface area contributed by atoms with Crippen molar-refractivity contribution in [3.63, 3.8) is 0 Å². The third-order valence-electron chi connectivity index (χ3n) is 3.19. The maximum atomic E-state index is 13.9. The maximum Gasteiger partial charge on any atom is 0.130 e. The van der Waals surface area contributed by atoms with E-state index in [0.29, 0.717) is 12.0 Å². The largest absolute Gasteiger partial charge is 0.381 e. The summed E-state index contributed by atoms with van der Waals surface area (Å²) in [6, 6.07) is 3.40. The van der Waals surface area contributed by atoms with E-state index in [4.69, 9.17) is 0 Å². The minimum absolute atomic E-state index is 0.299. The molecule has 1 aliphatic carbocycles. The van der Waals surface area contributed by atoms with Gasteiger partial charge in [0.2, 0.25) is 0 Å². The van der Waals surface area contributed by atoms with Crippen LogP contribution in [0, 0.1) is 19.7 Å². The second-order valence-corrected chi connectivity index (χ2v) is 4.66. The fraction of sp³-hybridized carbons (Fsp3) is 0.429. The van der Waals surface area contributed by atoms with Crippen molar-refractivity contribution < 1.29 is 9.50 Å². The quantitative estimate of drug-likeness (QED) is 0.719. The lowest BCUT2D eigenvalue weighted by atomic mass is 9.82. The zero-order valence-electron chi connectivity index (χ0n) is 9.76. The molecule has 0 spiro atoms. The highest BCUT2D eigenvalue weighted by Crippen LogP contribution is 2.36. The number of aliphatic hydroxyl groups is 1. The fourth-order valence-corrected chi connectivity index (χ4v) is 2.52. The normalized spacial score (nSPS) is 24.8. The molecule has 86 valence electrons. The smallest absolute Gasteiger partial charge is 0.130 e. The minimum Gasteiger partial charge on any atom is -0.381 e. The van der Waals surface area contributed by atoms with Crippen LogP contribution in [0.4, 0.5) is 4.39 Å². The van der Waals surface area contributed by atoms with Gasteiger partial charge in [0.25, 0.3) is 0 Å². The first-order valence-corrected chi connectivity index (χ1v) is 5.70. The molecule has 1 nitrogen and oxygen atoms in total. The van der Waals surface area contributed by atoms with Crippen LogP contribution in [0.2, 0.25) is 0 Å². The molecule has 2 heteroatoms. The van der Waals surface area contributed by atoms with Crippen molar-refractivity contribution in [3.05, 3.63) is 46.8 Å². The molecule has 0 saturated carbocycles. The lowest BCUT2D eigenvalue weighted by Gasteiger charge is -2.30. The maximum absolute atomic E-state index is 13.9. The topological polar surface area (TPSA) is 20.2 Å². The zero-order chi connectivity index (χ0) is 11.8. The Kier molecular flexibility index (Phi) is 2.85. The molecule has 0 heterocycles. The van der Waals surface area contributed by atoms with Crippen LogP contribution in [0.25, 0.3) is 0 Å². The summed E-state index contributed by atoms with van der Waals surface area (Å²) in [5.74, 6) is -0.299. The number of rotatable bonds is 1. The van der Waals surface area contributed by atoms with Crippen molar-refractivity contribution in [1.29, 1.82) is 0 Å². The molecule has 0 amide bonds. The molecule has 1 unspecified atom stereocenters. The first-order valence-electron chi connectivity index (χ1n) is 5.70. The molecule has 1 aliphatic rings. The molecular weight excluding hydrogens is 203 g/mol. The Hall–Kier alpha value is -1.15. The van der Waals surface area contributed by atoms with Gasteiger partial charge in [-0.3, -0.25) is 0 Å².